The molecule has 0 saturated carbocycles. The Labute approximate surface area is 181 Å². The summed E-state index contributed by atoms with van der Waals surface area (Å²) < 4.78 is 9.15. The van der Waals surface area contributed by atoms with Crippen LogP contribution in [0.3, 0.4) is 0 Å². The minimum absolute atomic E-state index is 0.595. The molecule has 0 aromatic rings. The van der Waals surface area contributed by atoms with Gasteiger partial charge in [0.15, 0.2) is 0 Å². The quantitative estimate of drug-likeness (QED) is 0.295. The lowest BCUT2D eigenvalue weighted by Crippen LogP contribution is -2.81. The fraction of sp³-hybridized carbons (Fsp3) is 1.00. The normalized spacial score (nSPS) is 14.4. The van der Waals surface area contributed by atoms with E-state index in [0.29, 0.717) is 30.2 Å². The smallest absolute Gasteiger partial charge is 0.201 e. The van der Waals surface area contributed by atoms with Crippen molar-refractivity contribution in [2.24, 2.45) is 0 Å². The van der Waals surface area contributed by atoms with Crippen LogP contribution in [-0.4, -0.2) is 60.4 Å². The lowest BCUT2D eigenvalue weighted by atomic mass is 10.3. The summed E-state index contributed by atoms with van der Waals surface area (Å²) in [6, 6.07) is 8.25. The average molecular weight is 430 g/mol. The highest BCUT2D eigenvalue weighted by atomic mass is 28.4. The van der Waals surface area contributed by atoms with Crippen molar-refractivity contribution < 1.29 is 0 Å². The second-order valence-corrected chi connectivity index (χ2v) is 19.2. The first-order valence-electron chi connectivity index (χ1n) is 12.2. The van der Waals surface area contributed by atoms with Crippen LogP contribution >= 0.6 is 0 Å². The molecule has 28 heavy (non-hydrogen) atoms. The molecule has 0 radical (unpaired) electrons. The van der Waals surface area contributed by atoms with Crippen molar-refractivity contribution in [3.05, 3.63) is 0 Å². The Morgan fingerprint density at radius 2 is 0.643 bits per heavy atom. The van der Waals surface area contributed by atoms with Gasteiger partial charge in [-0.1, -0.05) is 96.9 Å². The van der Waals surface area contributed by atoms with Crippen molar-refractivity contribution in [3.8, 4) is 0 Å². The van der Waals surface area contributed by atoms with E-state index >= 15 is 0 Å². The Hall–Kier alpha value is 0.314. The molecule has 0 aromatic carbocycles. The first-order chi connectivity index (χ1) is 12.8. The van der Waals surface area contributed by atoms with Crippen LogP contribution in [-0.2, 0) is 0 Å². The highest BCUT2D eigenvalue weighted by Gasteiger charge is 2.57. The van der Waals surface area contributed by atoms with Gasteiger partial charge in [-0.3, -0.25) is 0 Å². The summed E-state index contributed by atoms with van der Waals surface area (Å²) in [4.78, 5) is 0. The fourth-order valence-corrected chi connectivity index (χ4v) is 22.4. The molecule has 5 heteroatoms. The number of hydrogen-bond donors (Lipinski definition) is 0. The van der Waals surface area contributed by atoms with Gasteiger partial charge in [0, 0.05) is 0 Å². The number of nitrogens with zero attached hydrogens (tertiary/aromatic N) is 3. The van der Waals surface area contributed by atoms with Gasteiger partial charge in [-0.15, -0.1) is 0 Å². The van der Waals surface area contributed by atoms with Gasteiger partial charge in [0.05, 0.1) is 0 Å². The van der Waals surface area contributed by atoms with Crippen molar-refractivity contribution in [2.75, 3.05) is 0 Å². The first-order valence-corrected chi connectivity index (χ1v) is 16.8. The predicted molar refractivity (Wildman–Crippen MR) is 135 cm³/mol. The van der Waals surface area contributed by atoms with Crippen LogP contribution in [0.4, 0.5) is 0 Å². The second kappa shape index (κ2) is 11.6. The zero-order valence-corrected chi connectivity index (χ0v) is 24.1. The average Bonchev–Trinajstić information content (AvgIpc) is 2.57. The van der Waals surface area contributed by atoms with Crippen LogP contribution in [0, 0.1) is 0 Å². The van der Waals surface area contributed by atoms with Crippen LogP contribution in [0.1, 0.15) is 96.9 Å². The maximum absolute atomic E-state index is 3.21. The molecular weight excluding hydrogens is 374 g/mol. The van der Waals surface area contributed by atoms with Gasteiger partial charge in [0.2, 0.25) is 16.8 Å². The number of rotatable bonds is 13. The Morgan fingerprint density at radius 1 is 0.429 bits per heavy atom. The van der Waals surface area contributed by atoms with Gasteiger partial charge >= 0.3 is 0 Å². The van der Waals surface area contributed by atoms with Gasteiger partial charge in [-0.05, 0) is 54.4 Å². The van der Waals surface area contributed by atoms with Crippen LogP contribution in [0.2, 0.25) is 24.2 Å². The third kappa shape index (κ3) is 5.32. The van der Waals surface area contributed by atoms with Crippen LogP contribution < -0.4 is 0 Å². The molecule has 0 fully saturated rings. The van der Waals surface area contributed by atoms with Gasteiger partial charge in [0.1, 0.15) is 0 Å². The van der Waals surface area contributed by atoms with E-state index in [-0.39, 0.29) is 0 Å². The van der Waals surface area contributed by atoms with Crippen LogP contribution in [0.25, 0.3) is 0 Å². The Kier molecular flexibility index (Phi) is 11.8. The summed E-state index contributed by atoms with van der Waals surface area (Å²) in [5.74, 6) is 0. The van der Waals surface area contributed by atoms with E-state index in [1.807, 2.05) is 0 Å². The Bertz CT molecular complexity index is 376. The lowest BCUT2D eigenvalue weighted by Gasteiger charge is -2.63. The molecule has 0 heterocycles. The third-order valence-corrected chi connectivity index (χ3v) is 20.7. The molecule has 170 valence electrons. The minimum atomic E-state index is -1.84. The third-order valence-electron chi connectivity index (χ3n) is 6.86. The molecule has 0 aliphatic rings. The zero-order chi connectivity index (χ0) is 22.4. The highest BCUT2D eigenvalue weighted by molar-refractivity contribution is 6.90. The molecule has 0 aromatic heterocycles. The molecule has 0 amide bonds. The summed E-state index contributed by atoms with van der Waals surface area (Å²) in [6.45, 7) is 34.3. The molecule has 0 atom stereocenters. The van der Waals surface area contributed by atoms with Crippen LogP contribution in [0.15, 0.2) is 0 Å². The molecule has 0 aliphatic heterocycles. The SMILES string of the molecule is CC[Si](CC)(N(C(C)C)C(C)C)N(C(C)C)[Si](CC)(CC)N(C(C)C)C(C)C. The van der Waals surface area contributed by atoms with Gasteiger partial charge in [-0.25, -0.2) is 0 Å². The van der Waals surface area contributed by atoms with E-state index < -0.39 is 16.8 Å². The fourth-order valence-electron chi connectivity index (χ4n) is 6.62. The molecule has 0 spiro atoms. The van der Waals surface area contributed by atoms with E-state index in [1.54, 1.807) is 0 Å². The zero-order valence-electron chi connectivity index (χ0n) is 22.1. The van der Waals surface area contributed by atoms with Crippen molar-refractivity contribution in [1.82, 2.24) is 13.4 Å². The van der Waals surface area contributed by atoms with E-state index in [4.69, 9.17) is 0 Å². The molecule has 0 aliphatic carbocycles. The summed E-state index contributed by atoms with van der Waals surface area (Å²) >= 11 is 0. The first kappa shape index (κ1) is 28.3. The molecule has 3 nitrogen and oxygen atoms in total. The molecule has 0 saturated heterocycles. The van der Waals surface area contributed by atoms with Gasteiger partial charge in [0.25, 0.3) is 0 Å². The van der Waals surface area contributed by atoms with Gasteiger partial charge < -0.3 is 13.4 Å². The van der Waals surface area contributed by atoms with E-state index in [0.717, 1.165) is 0 Å². The van der Waals surface area contributed by atoms with Crippen LogP contribution in [0.5, 0.6) is 0 Å². The number of hydrogen-bond acceptors (Lipinski definition) is 3. The summed E-state index contributed by atoms with van der Waals surface area (Å²) in [6.07, 6.45) is 0. The monoisotopic (exact) mass is 429 g/mol. The van der Waals surface area contributed by atoms with E-state index in [9.17, 15) is 0 Å². The van der Waals surface area contributed by atoms with Gasteiger partial charge in [-0.2, -0.15) is 0 Å². The maximum Gasteiger partial charge on any atom is 0.201 e. The molecule has 0 unspecified atom stereocenters. The Morgan fingerprint density at radius 3 is 0.750 bits per heavy atom. The Balaban J connectivity index is 7.02. The lowest BCUT2D eigenvalue weighted by molar-refractivity contribution is 0.224. The highest BCUT2D eigenvalue weighted by Crippen LogP contribution is 2.40. The summed E-state index contributed by atoms with van der Waals surface area (Å²) in [7, 11) is -3.67. The summed E-state index contributed by atoms with van der Waals surface area (Å²) in [5, 5.41) is 0. The summed E-state index contributed by atoms with van der Waals surface area (Å²) in [5.41, 5.74) is 0. The minimum Gasteiger partial charge on any atom is -0.319 e. The largest absolute Gasteiger partial charge is 0.319 e. The predicted octanol–water partition coefficient (Wildman–Crippen LogP) is 6.90. The van der Waals surface area contributed by atoms with Crippen molar-refractivity contribution >= 4 is 16.8 Å². The maximum atomic E-state index is 3.21. The molecule has 0 N–H and O–H groups in total. The molecule has 0 bridgehead atoms. The van der Waals surface area contributed by atoms with E-state index in [2.05, 4.69) is 110 Å². The van der Waals surface area contributed by atoms with Crippen molar-refractivity contribution in [1.29, 1.82) is 0 Å². The second-order valence-electron chi connectivity index (χ2n) is 10.0. The molecule has 0 rings (SSSR count). The van der Waals surface area contributed by atoms with E-state index in [1.165, 1.54) is 24.2 Å². The molecular formula is C23H55N3Si2. The van der Waals surface area contributed by atoms with Crippen molar-refractivity contribution in [2.45, 2.75) is 151 Å². The van der Waals surface area contributed by atoms with Crippen molar-refractivity contribution in [3.63, 3.8) is 0 Å². The standard InChI is InChI=1S/C23H55N3Si2/c1-15-27(16-2,24(19(5)6)20(7)8)26(23(13)14)28(17-3,18-4)25(21(9)10)22(11)12/h19-23H,15-18H2,1-14H3. The topological polar surface area (TPSA) is 9.72 Å².